The van der Waals surface area contributed by atoms with E-state index >= 15 is 0 Å². The van der Waals surface area contributed by atoms with E-state index in [1.807, 2.05) is 24.3 Å². The molecule has 0 aliphatic carbocycles. The molecular formula is C19H21ClN2OS. The molecule has 1 amide bonds. The average molecular weight is 361 g/mol. The number of carbonyl (C=O) groups excluding carboxylic acids is 1. The number of nitrogens with zero attached hydrogens (tertiary/aromatic N) is 1. The zero-order valence-corrected chi connectivity index (χ0v) is 15.0. The van der Waals surface area contributed by atoms with E-state index in [2.05, 4.69) is 34.5 Å². The van der Waals surface area contributed by atoms with Crippen molar-refractivity contribution in [2.45, 2.75) is 25.4 Å². The third kappa shape index (κ3) is 5.20. The lowest BCUT2D eigenvalue weighted by atomic mass is 10.0. The van der Waals surface area contributed by atoms with Crippen LogP contribution < -0.4 is 5.32 Å². The lowest BCUT2D eigenvalue weighted by Gasteiger charge is -2.32. The number of hydrogen-bond acceptors (Lipinski definition) is 3. The number of hydrogen-bond donors (Lipinski definition) is 1. The fourth-order valence-electron chi connectivity index (χ4n) is 2.90. The summed E-state index contributed by atoms with van der Waals surface area (Å²) in [6, 6.07) is 14.5. The van der Waals surface area contributed by atoms with Crippen LogP contribution in [0.25, 0.3) is 6.08 Å². The van der Waals surface area contributed by atoms with Crippen LogP contribution in [0.1, 0.15) is 23.3 Å². The maximum atomic E-state index is 12.0. The van der Waals surface area contributed by atoms with Crippen LogP contribution in [0.5, 0.6) is 0 Å². The molecule has 2 aromatic rings. The Hall–Kier alpha value is -1.62. The zero-order chi connectivity index (χ0) is 16.8. The SMILES string of the molecule is O=C(C=Cc1ccc(Cl)s1)NC1CCN(Cc2ccccc2)CC1. The molecular weight excluding hydrogens is 340 g/mol. The molecule has 1 aliphatic rings. The van der Waals surface area contributed by atoms with Gasteiger partial charge in [0.15, 0.2) is 0 Å². The van der Waals surface area contributed by atoms with Crippen LogP contribution in [-0.4, -0.2) is 29.9 Å². The smallest absolute Gasteiger partial charge is 0.244 e. The van der Waals surface area contributed by atoms with Crippen LogP contribution in [0.3, 0.4) is 0 Å². The third-order valence-electron chi connectivity index (χ3n) is 4.18. The first-order valence-corrected chi connectivity index (χ1v) is 9.39. The standard InChI is InChI=1S/C19H21ClN2OS/c20-18-8-6-17(24-18)7-9-19(23)21-16-10-12-22(13-11-16)14-15-4-2-1-3-5-15/h1-9,16H,10-14H2,(H,21,23). The van der Waals surface area contributed by atoms with Crippen LogP contribution >= 0.6 is 22.9 Å². The average Bonchev–Trinajstić information content (AvgIpc) is 3.01. The molecule has 0 spiro atoms. The highest BCUT2D eigenvalue weighted by atomic mass is 35.5. The van der Waals surface area contributed by atoms with Crippen LogP contribution in [-0.2, 0) is 11.3 Å². The van der Waals surface area contributed by atoms with Gasteiger partial charge in [-0.25, -0.2) is 0 Å². The second-order valence-electron chi connectivity index (χ2n) is 6.02. The van der Waals surface area contributed by atoms with Crippen molar-refractivity contribution >= 4 is 34.9 Å². The summed E-state index contributed by atoms with van der Waals surface area (Å²) in [5, 5.41) is 3.10. The second kappa shape index (κ2) is 8.47. The van der Waals surface area contributed by atoms with E-state index in [1.165, 1.54) is 16.9 Å². The molecule has 3 rings (SSSR count). The van der Waals surface area contributed by atoms with Gasteiger partial charge in [0.1, 0.15) is 0 Å². The molecule has 0 bridgehead atoms. The van der Waals surface area contributed by atoms with Crippen molar-refractivity contribution < 1.29 is 4.79 Å². The minimum absolute atomic E-state index is 0.0268. The Labute approximate surface area is 151 Å². The van der Waals surface area contributed by atoms with Gasteiger partial charge in [0.05, 0.1) is 4.34 Å². The van der Waals surface area contributed by atoms with Crippen LogP contribution in [0, 0.1) is 0 Å². The van der Waals surface area contributed by atoms with Crippen LogP contribution in [0.4, 0.5) is 0 Å². The fourth-order valence-corrected chi connectivity index (χ4v) is 3.87. The monoisotopic (exact) mass is 360 g/mol. The first kappa shape index (κ1) is 17.2. The summed E-state index contributed by atoms with van der Waals surface area (Å²) < 4.78 is 0.737. The van der Waals surface area contributed by atoms with Gasteiger partial charge >= 0.3 is 0 Å². The molecule has 1 N–H and O–H groups in total. The third-order valence-corrected chi connectivity index (χ3v) is 5.37. The van der Waals surface area contributed by atoms with Gasteiger partial charge in [0.2, 0.25) is 5.91 Å². The number of amides is 1. The van der Waals surface area contributed by atoms with Crippen molar-refractivity contribution in [2.75, 3.05) is 13.1 Å². The Kier molecular flexibility index (Phi) is 6.07. The molecule has 1 aromatic carbocycles. The van der Waals surface area contributed by atoms with E-state index < -0.39 is 0 Å². The molecule has 0 atom stereocenters. The van der Waals surface area contributed by atoms with Gasteiger partial charge in [-0.3, -0.25) is 9.69 Å². The normalized spacial score (nSPS) is 16.5. The summed E-state index contributed by atoms with van der Waals surface area (Å²) in [6.45, 7) is 3.02. The molecule has 2 heterocycles. The van der Waals surface area contributed by atoms with Crippen molar-refractivity contribution in [1.29, 1.82) is 0 Å². The number of thiophene rings is 1. The number of likely N-dealkylation sites (tertiary alicyclic amines) is 1. The minimum atomic E-state index is -0.0268. The van der Waals surface area contributed by atoms with Crippen molar-refractivity contribution in [2.24, 2.45) is 0 Å². The van der Waals surface area contributed by atoms with Crippen LogP contribution in [0.2, 0.25) is 4.34 Å². The molecule has 0 saturated carbocycles. The highest BCUT2D eigenvalue weighted by molar-refractivity contribution is 7.17. The van der Waals surface area contributed by atoms with Gasteiger partial charge in [-0.15, -0.1) is 11.3 Å². The second-order valence-corrected chi connectivity index (χ2v) is 7.77. The van der Waals surface area contributed by atoms with Gasteiger partial charge in [-0.05, 0) is 36.6 Å². The van der Waals surface area contributed by atoms with E-state index in [1.54, 1.807) is 6.08 Å². The molecule has 0 unspecified atom stereocenters. The maximum absolute atomic E-state index is 12.0. The summed E-state index contributed by atoms with van der Waals surface area (Å²) in [6.07, 6.45) is 5.41. The molecule has 5 heteroatoms. The number of nitrogens with one attached hydrogen (secondary N) is 1. The van der Waals surface area contributed by atoms with Crippen molar-refractivity contribution in [3.05, 3.63) is 63.3 Å². The fraction of sp³-hybridized carbons (Fsp3) is 0.316. The van der Waals surface area contributed by atoms with E-state index in [0.717, 1.165) is 41.7 Å². The molecule has 0 radical (unpaired) electrons. The lowest BCUT2D eigenvalue weighted by molar-refractivity contribution is -0.117. The number of piperidine rings is 1. The van der Waals surface area contributed by atoms with Gasteiger partial charge in [-0.2, -0.15) is 0 Å². The van der Waals surface area contributed by atoms with E-state index in [-0.39, 0.29) is 11.9 Å². The highest BCUT2D eigenvalue weighted by Crippen LogP contribution is 2.22. The molecule has 24 heavy (non-hydrogen) atoms. The maximum Gasteiger partial charge on any atom is 0.244 e. The van der Waals surface area contributed by atoms with Crippen LogP contribution in [0.15, 0.2) is 48.5 Å². The number of halogens is 1. The number of carbonyl (C=O) groups is 1. The van der Waals surface area contributed by atoms with E-state index in [9.17, 15) is 4.79 Å². The largest absolute Gasteiger partial charge is 0.350 e. The Morgan fingerprint density at radius 1 is 1.21 bits per heavy atom. The first-order valence-electron chi connectivity index (χ1n) is 8.19. The molecule has 3 nitrogen and oxygen atoms in total. The molecule has 1 aliphatic heterocycles. The summed E-state index contributed by atoms with van der Waals surface area (Å²) in [5.41, 5.74) is 1.34. The topological polar surface area (TPSA) is 32.3 Å². The van der Waals surface area contributed by atoms with Gasteiger partial charge in [-0.1, -0.05) is 41.9 Å². The first-order chi connectivity index (χ1) is 11.7. The highest BCUT2D eigenvalue weighted by Gasteiger charge is 2.19. The van der Waals surface area contributed by atoms with Crippen molar-refractivity contribution in [1.82, 2.24) is 10.2 Å². The molecule has 1 aromatic heterocycles. The molecule has 1 fully saturated rings. The van der Waals surface area contributed by atoms with Gasteiger partial charge < -0.3 is 5.32 Å². The quantitative estimate of drug-likeness (QED) is 0.810. The number of benzene rings is 1. The van der Waals surface area contributed by atoms with Gasteiger partial charge in [0.25, 0.3) is 0 Å². The Bertz CT molecular complexity index is 690. The van der Waals surface area contributed by atoms with Crippen molar-refractivity contribution in [3.63, 3.8) is 0 Å². The van der Waals surface area contributed by atoms with Crippen molar-refractivity contribution in [3.8, 4) is 0 Å². The summed E-state index contributed by atoms with van der Waals surface area (Å²) in [4.78, 5) is 15.5. The Balaban J connectivity index is 1.42. The molecule has 1 saturated heterocycles. The summed E-state index contributed by atoms with van der Waals surface area (Å²) in [5.74, 6) is -0.0268. The lowest BCUT2D eigenvalue weighted by Crippen LogP contribution is -2.43. The zero-order valence-electron chi connectivity index (χ0n) is 13.5. The van der Waals surface area contributed by atoms with E-state index in [4.69, 9.17) is 11.6 Å². The summed E-state index contributed by atoms with van der Waals surface area (Å²) >= 11 is 7.35. The number of rotatable bonds is 5. The Morgan fingerprint density at radius 2 is 1.96 bits per heavy atom. The summed E-state index contributed by atoms with van der Waals surface area (Å²) in [7, 11) is 0. The Morgan fingerprint density at radius 3 is 2.62 bits per heavy atom. The van der Waals surface area contributed by atoms with Gasteiger partial charge in [0, 0.05) is 36.6 Å². The predicted octanol–water partition coefficient (Wildman–Crippen LogP) is 4.20. The minimum Gasteiger partial charge on any atom is -0.350 e. The van der Waals surface area contributed by atoms with E-state index in [0.29, 0.717) is 0 Å². The predicted molar refractivity (Wildman–Crippen MR) is 101 cm³/mol. The molecule has 126 valence electrons.